The molecule has 6 heteroatoms. The minimum atomic E-state index is -0.101. The standard InChI is InChI=1S/C14H21N3O3/c1-10(2)17(9-13(15)16-19)14(18)8-11-6-4-5-7-12(11)20-3/h4-7,10,19H,8-9H2,1-3H3,(H2,15,16). The van der Waals surface area contributed by atoms with Crippen LogP contribution < -0.4 is 10.5 Å². The van der Waals surface area contributed by atoms with Gasteiger partial charge in [-0.2, -0.15) is 0 Å². The number of para-hydroxylation sites is 1. The fourth-order valence-electron chi connectivity index (χ4n) is 1.88. The van der Waals surface area contributed by atoms with Gasteiger partial charge in [0.2, 0.25) is 5.91 Å². The van der Waals surface area contributed by atoms with Gasteiger partial charge in [-0.15, -0.1) is 0 Å². The highest BCUT2D eigenvalue weighted by atomic mass is 16.5. The van der Waals surface area contributed by atoms with Gasteiger partial charge in [0.25, 0.3) is 0 Å². The molecular formula is C14H21N3O3. The van der Waals surface area contributed by atoms with E-state index < -0.39 is 0 Å². The lowest BCUT2D eigenvalue weighted by molar-refractivity contribution is -0.131. The molecule has 0 radical (unpaired) electrons. The van der Waals surface area contributed by atoms with Crippen LogP contribution >= 0.6 is 0 Å². The number of nitrogens with zero attached hydrogens (tertiary/aromatic N) is 2. The lowest BCUT2D eigenvalue weighted by Gasteiger charge is -2.26. The quantitative estimate of drug-likeness (QED) is 0.355. The summed E-state index contributed by atoms with van der Waals surface area (Å²) in [5.74, 6) is 0.580. The van der Waals surface area contributed by atoms with Crippen LogP contribution in [0.5, 0.6) is 5.75 Å². The van der Waals surface area contributed by atoms with Crippen LogP contribution in [0.25, 0.3) is 0 Å². The average molecular weight is 279 g/mol. The first-order chi connectivity index (χ1) is 9.49. The molecule has 1 aromatic carbocycles. The molecule has 0 saturated carbocycles. The molecule has 0 aliphatic carbocycles. The van der Waals surface area contributed by atoms with E-state index in [0.717, 1.165) is 5.56 Å². The molecule has 0 saturated heterocycles. The van der Waals surface area contributed by atoms with Gasteiger partial charge in [-0.25, -0.2) is 0 Å². The van der Waals surface area contributed by atoms with Gasteiger partial charge < -0.3 is 20.6 Å². The van der Waals surface area contributed by atoms with Gasteiger partial charge in [0, 0.05) is 11.6 Å². The van der Waals surface area contributed by atoms with Crippen LogP contribution in [0.3, 0.4) is 0 Å². The van der Waals surface area contributed by atoms with Crippen molar-refractivity contribution >= 4 is 11.7 Å². The van der Waals surface area contributed by atoms with Crippen LogP contribution in [0.15, 0.2) is 29.4 Å². The van der Waals surface area contributed by atoms with E-state index in [9.17, 15) is 4.79 Å². The first kappa shape index (κ1) is 15.8. The van der Waals surface area contributed by atoms with Crippen LogP contribution in [0.4, 0.5) is 0 Å². The molecular weight excluding hydrogens is 258 g/mol. The molecule has 0 spiro atoms. The van der Waals surface area contributed by atoms with Gasteiger partial charge >= 0.3 is 0 Å². The number of ether oxygens (including phenoxy) is 1. The zero-order valence-corrected chi connectivity index (χ0v) is 12.0. The number of amidine groups is 1. The Morgan fingerprint density at radius 1 is 1.45 bits per heavy atom. The van der Waals surface area contributed by atoms with Crippen molar-refractivity contribution in [2.24, 2.45) is 10.9 Å². The van der Waals surface area contributed by atoms with E-state index in [1.54, 1.807) is 12.0 Å². The first-order valence-corrected chi connectivity index (χ1v) is 6.37. The van der Waals surface area contributed by atoms with E-state index in [-0.39, 0.29) is 30.8 Å². The van der Waals surface area contributed by atoms with Crippen LogP contribution in [0, 0.1) is 0 Å². The highest BCUT2D eigenvalue weighted by Crippen LogP contribution is 2.18. The topological polar surface area (TPSA) is 88.2 Å². The number of nitrogens with two attached hydrogens (primary N) is 1. The molecule has 1 rings (SSSR count). The van der Waals surface area contributed by atoms with Gasteiger partial charge in [-0.1, -0.05) is 23.4 Å². The number of carbonyl (C=O) groups is 1. The Labute approximate surface area is 118 Å². The molecule has 0 aliphatic rings. The smallest absolute Gasteiger partial charge is 0.227 e. The number of carbonyl (C=O) groups excluding carboxylic acids is 1. The second-order valence-electron chi connectivity index (χ2n) is 4.70. The van der Waals surface area contributed by atoms with Gasteiger partial charge in [-0.3, -0.25) is 4.79 Å². The largest absolute Gasteiger partial charge is 0.496 e. The van der Waals surface area contributed by atoms with Crippen LogP contribution in [0.1, 0.15) is 19.4 Å². The summed E-state index contributed by atoms with van der Waals surface area (Å²) in [4.78, 5) is 13.9. The summed E-state index contributed by atoms with van der Waals surface area (Å²) < 4.78 is 5.23. The monoisotopic (exact) mass is 279 g/mol. The summed E-state index contributed by atoms with van der Waals surface area (Å²) in [6.45, 7) is 3.86. The molecule has 6 nitrogen and oxygen atoms in total. The van der Waals surface area contributed by atoms with Crippen molar-refractivity contribution in [3.8, 4) is 5.75 Å². The van der Waals surface area contributed by atoms with E-state index in [1.165, 1.54) is 0 Å². The van der Waals surface area contributed by atoms with Crippen molar-refractivity contribution < 1.29 is 14.7 Å². The second-order valence-corrected chi connectivity index (χ2v) is 4.70. The van der Waals surface area contributed by atoms with E-state index in [2.05, 4.69) is 5.16 Å². The maximum Gasteiger partial charge on any atom is 0.227 e. The number of hydrogen-bond donors (Lipinski definition) is 2. The summed E-state index contributed by atoms with van der Waals surface area (Å²) >= 11 is 0. The predicted octanol–water partition coefficient (Wildman–Crippen LogP) is 1.22. The van der Waals surface area contributed by atoms with Crippen molar-refractivity contribution in [1.82, 2.24) is 4.90 Å². The predicted molar refractivity (Wildman–Crippen MR) is 77.0 cm³/mol. The van der Waals surface area contributed by atoms with Crippen molar-refractivity contribution in [3.63, 3.8) is 0 Å². The molecule has 0 unspecified atom stereocenters. The Balaban J connectivity index is 2.86. The van der Waals surface area contributed by atoms with Crippen LogP contribution in [-0.2, 0) is 11.2 Å². The van der Waals surface area contributed by atoms with E-state index in [1.807, 2.05) is 38.1 Å². The van der Waals surface area contributed by atoms with Crippen LogP contribution in [-0.4, -0.2) is 41.5 Å². The van der Waals surface area contributed by atoms with Crippen LogP contribution in [0.2, 0.25) is 0 Å². The zero-order valence-electron chi connectivity index (χ0n) is 12.0. The number of rotatable bonds is 6. The van der Waals surface area contributed by atoms with E-state index in [4.69, 9.17) is 15.7 Å². The number of hydrogen-bond acceptors (Lipinski definition) is 4. The fourth-order valence-corrected chi connectivity index (χ4v) is 1.88. The summed E-state index contributed by atoms with van der Waals surface area (Å²) in [5.41, 5.74) is 6.29. The minimum Gasteiger partial charge on any atom is -0.496 e. The van der Waals surface area contributed by atoms with Crippen molar-refractivity contribution in [3.05, 3.63) is 29.8 Å². The highest BCUT2D eigenvalue weighted by molar-refractivity contribution is 5.88. The summed E-state index contributed by atoms with van der Waals surface area (Å²) in [7, 11) is 1.57. The molecule has 1 amide bonds. The molecule has 1 aromatic rings. The van der Waals surface area contributed by atoms with E-state index >= 15 is 0 Å². The molecule has 0 bridgehead atoms. The lowest BCUT2D eigenvalue weighted by Crippen LogP contribution is -2.43. The van der Waals surface area contributed by atoms with Gasteiger partial charge in [-0.05, 0) is 19.9 Å². The normalized spacial score (nSPS) is 11.5. The molecule has 0 aliphatic heterocycles. The number of amides is 1. The molecule has 0 atom stereocenters. The molecule has 0 fully saturated rings. The van der Waals surface area contributed by atoms with Crippen molar-refractivity contribution in [1.29, 1.82) is 0 Å². The van der Waals surface area contributed by atoms with E-state index in [0.29, 0.717) is 5.75 Å². The summed E-state index contributed by atoms with van der Waals surface area (Å²) in [6.07, 6.45) is 0.209. The molecule has 20 heavy (non-hydrogen) atoms. The third-order valence-electron chi connectivity index (χ3n) is 2.94. The highest BCUT2D eigenvalue weighted by Gasteiger charge is 2.19. The minimum absolute atomic E-state index is 0.00655. The third kappa shape index (κ3) is 4.15. The molecule has 0 heterocycles. The zero-order chi connectivity index (χ0) is 15.1. The fraction of sp³-hybridized carbons (Fsp3) is 0.429. The second kappa shape index (κ2) is 7.37. The Kier molecular flexibility index (Phi) is 5.83. The average Bonchev–Trinajstić information content (AvgIpc) is 2.44. The summed E-state index contributed by atoms with van der Waals surface area (Å²) in [5, 5.41) is 11.5. The maximum absolute atomic E-state index is 12.4. The van der Waals surface area contributed by atoms with Gasteiger partial charge in [0.05, 0.1) is 20.1 Å². The Hall–Kier alpha value is -2.24. The number of methoxy groups -OCH3 is 1. The number of oxime groups is 1. The van der Waals surface area contributed by atoms with Gasteiger partial charge in [0.1, 0.15) is 5.75 Å². The summed E-state index contributed by atoms with van der Waals surface area (Å²) in [6, 6.07) is 7.32. The first-order valence-electron chi connectivity index (χ1n) is 6.37. The third-order valence-corrected chi connectivity index (χ3v) is 2.94. The Morgan fingerprint density at radius 2 is 2.10 bits per heavy atom. The SMILES string of the molecule is COc1ccccc1CC(=O)N(CC(N)=NO)C(C)C. The van der Waals surface area contributed by atoms with Crippen molar-refractivity contribution in [2.45, 2.75) is 26.3 Å². The lowest BCUT2D eigenvalue weighted by atomic mass is 10.1. The molecule has 0 aromatic heterocycles. The number of benzene rings is 1. The molecule has 110 valence electrons. The van der Waals surface area contributed by atoms with Gasteiger partial charge in [0.15, 0.2) is 5.84 Å². The Morgan fingerprint density at radius 3 is 2.65 bits per heavy atom. The molecule has 3 N–H and O–H groups in total. The maximum atomic E-state index is 12.4. The Bertz CT molecular complexity index is 486. The van der Waals surface area contributed by atoms with Crippen molar-refractivity contribution in [2.75, 3.05) is 13.7 Å².